The summed E-state index contributed by atoms with van der Waals surface area (Å²) < 4.78 is 5.67. The van der Waals surface area contributed by atoms with Gasteiger partial charge in [0.1, 0.15) is 9.71 Å². The van der Waals surface area contributed by atoms with E-state index in [-0.39, 0.29) is 0 Å². The largest absolute Gasteiger partial charge is 0.477 e. The molecule has 0 radical (unpaired) electrons. The minimum Gasteiger partial charge on any atom is -0.477 e. The fourth-order valence-electron chi connectivity index (χ4n) is 3.13. The molecular weight excluding hydrogens is 340 g/mol. The average Bonchev–Trinajstić information content (AvgIpc) is 2.92. The van der Waals surface area contributed by atoms with E-state index in [0.29, 0.717) is 45.3 Å². The number of nitrogens with zero attached hydrogens (tertiary/aromatic N) is 4. The molecule has 0 unspecified atom stereocenters. The molecule has 0 spiro atoms. The highest BCUT2D eigenvalue weighted by Gasteiger charge is 2.26. The molecule has 3 heterocycles. The Morgan fingerprint density at radius 2 is 2.04 bits per heavy atom. The van der Waals surface area contributed by atoms with E-state index in [2.05, 4.69) is 33.9 Å². The van der Waals surface area contributed by atoms with Crippen LogP contribution in [0.4, 0.5) is 11.6 Å². The van der Waals surface area contributed by atoms with E-state index < -0.39 is 5.91 Å². The van der Waals surface area contributed by atoms with Gasteiger partial charge in [-0.05, 0) is 33.9 Å². The first-order valence-corrected chi connectivity index (χ1v) is 9.18. The lowest BCUT2D eigenvalue weighted by Crippen LogP contribution is -2.42. The van der Waals surface area contributed by atoms with Crippen LogP contribution in [-0.4, -0.2) is 60.6 Å². The standard InChI is InChI=1S/C16H24N6O2S/c1-4-24-14-10-11(17)12(13(18)23)25-15(10)20-16(19-14)22-7-5-9(6-8-22)21(2)3/h9H,4-8,17H2,1-3H3,(H2,18,23). The van der Waals surface area contributed by atoms with Gasteiger partial charge in [-0.3, -0.25) is 4.79 Å². The summed E-state index contributed by atoms with van der Waals surface area (Å²) in [5, 5.41) is 0.576. The second-order valence-corrected chi connectivity index (χ2v) is 7.33. The molecule has 2 aromatic heterocycles. The van der Waals surface area contributed by atoms with Gasteiger partial charge in [-0.25, -0.2) is 4.98 Å². The Morgan fingerprint density at radius 1 is 1.36 bits per heavy atom. The quantitative estimate of drug-likeness (QED) is 0.822. The van der Waals surface area contributed by atoms with Gasteiger partial charge in [-0.2, -0.15) is 4.98 Å². The first-order chi connectivity index (χ1) is 11.9. The van der Waals surface area contributed by atoms with E-state index in [0.717, 1.165) is 25.9 Å². The fourth-order valence-corrected chi connectivity index (χ4v) is 4.06. The zero-order chi connectivity index (χ0) is 18.1. The minimum atomic E-state index is -0.559. The van der Waals surface area contributed by atoms with Crippen LogP contribution in [0.2, 0.25) is 0 Å². The van der Waals surface area contributed by atoms with Crippen molar-refractivity contribution >= 4 is 39.1 Å². The van der Waals surface area contributed by atoms with Crippen molar-refractivity contribution in [3.8, 4) is 5.88 Å². The minimum absolute atomic E-state index is 0.300. The van der Waals surface area contributed by atoms with E-state index in [1.54, 1.807) is 0 Å². The highest BCUT2D eigenvalue weighted by atomic mass is 32.1. The highest BCUT2D eigenvalue weighted by Crippen LogP contribution is 2.38. The Morgan fingerprint density at radius 3 is 2.60 bits per heavy atom. The first-order valence-electron chi connectivity index (χ1n) is 8.36. The Kier molecular flexibility index (Phi) is 4.96. The van der Waals surface area contributed by atoms with Crippen LogP contribution >= 0.6 is 11.3 Å². The Hall–Kier alpha value is -2.13. The molecule has 3 rings (SSSR count). The normalized spacial score (nSPS) is 15.9. The molecule has 0 saturated carbocycles. The van der Waals surface area contributed by atoms with Gasteiger partial charge in [0, 0.05) is 19.1 Å². The molecule has 4 N–H and O–H groups in total. The summed E-state index contributed by atoms with van der Waals surface area (Å²) in [4.78, 5) is 26.1. The molecule has 1 aliphatic rings. The van der Waals surface area contributed by atoms with Crippen molar-refractivity contribution in [3.63, 3.8) is 0 Å². The zero-order valence-electron chi connectivity index (χ0n) is 14.8. The molecule has 136 valence electrons. The van der Waals surface area contributed by atoms with Crippen LogP contribution in [0.3, 0.4) is 0 Å². The van der Waals surface area contributed by atoms with Crippen molar-refractivity contribution in [2.75, 3.05) is 44.4 Å². The monoisotopic (exact) mass is 364 g/mol. The zero-order valence-corrected chi connectivity index (χ0v) is 15.6. The number of thiophene rings is 1. The second-order valence-electron chi connectivity index (χ2n) is 6.33. The summed E-state index contributed by atoms with van der Waals surface area (Å²) in [6.07, 6.45) is 2.11. The molecule has 1 fully saturated rings. The number of hydrogen-bond donors (Lipinski definition) is 2. The summed E-state index contributed by atoms with van der Waals surface area (Å²) in [6, 6.07) is 0.574. The van der Waals surface area contributed by atoms with Crippen LogP contribution in [0.25, 0.3) is 10.2 Å². The van der Waals surface area contributed by atoms with Crippen molar-refractivity contribution < 1.29 is 9.53 Å². The molecule has 2 aromatic rings. The number of nitrogen functional groups attached to an aromatic ring is 1. The number of nitrogens with two attached hydrogens (primary N) is 2. The molecule has 1 amide bonds. The molecule has 25 heavy (non-hydrogen) atoms. The van der Waals surface area contributed by atoms with Crippen LogP contribution in [0.1, 0.15) is 29.4 Å². The van der Waals surface area contributed by atoms with Gasteiger partial charge < -0.3 is 26.0 Å². The summed E-state index contributed by atoms with van der Waals surface area (Å²) in [5.41, 5.74) is 11.8. The third kappa shape index (κ3) is 3.34. The summed E-state index contributed by atoms with van der Waals surface area (Å²) >= 11 is 1.19. The number of rotatable bonds is 5. The SMILES string of the molecule is CCOc1nc(N2CCC(N(C)C)CC2)nc2sc(C(N)=O)c(N)c12. The molecular formula is C16H24N6O2S. The number of ether oxygens (including phenoxy) is 1. The predicted octanol–water partition coefficient (Wildman–Crippen LogP) is 1.30. The number of carbonyl (C=O) groups is 1. The number of anilines is 2. The van der Waals surface area contributed by atoms with Crippen molar-refractivity contribution in [2.45, 2.75) is 25.8 Å². The van der Waals surface area contributed by atoms with Crippen LogP contribution in [0.5, 0.6) is 5.88 Å². The Labute approximate surface area is 150 Å². The van der Waals surface area contributed by atoms with Gasteiger partial charge in [0.05, 0.1) is 17.7 Å². The van der Waals surface area contributed by atoms with Gasteiger partial charge in [-0.15, -0.1) is 11.3 Å². The fraction of sp³-hybridized carbons (Fsp3) is 0.562. The maximum absolute atomic E-state index is 11.6. The molecule has 1 aliphatic heterocycles. The number of fused-ring (bicyclic) bond motifs is 1. The molecule has 8 nitrogen and oxygen atoms in total. The smallest absolute Gasteiger partial charge is 0.260 e. The predicted molar refractivity (Wildman–Crippen MR) is 100 cm³/mol. The maximum atomic E-state index is 11.6. The van der Waals surface area contributed by atoms with Crippen LogP contribution in [0, 0.1) is 0 Å². The number of hydrogen-bond acceptors (Lipinski definition) is 8. The third-order valence-electron chi connectivity index (χ3n) is 4.53. The molecule has 1 saturated heterocycles. The topological polar surface area (TPSA) is 111 Å². The van der Waals surface area contributed by atoms with Gasteiger partial charge >= 0.3 is 0 Å². The second kappa shape index (κ2) is 7.01. The van der Waals surface area contributed by atoms with Crippen LogP contribution in [-0.2, 0) is 0 Å². The van der Waals surface area contributed by atoms with E-state index in [1.165, 1.54) is 11.3 Å². The lowest BCUT2D eigenvalue weighted by molar-refractivity contribution is 0.100. The Balaban J connectivity index is 1.98. The molecule has 0 aromatic carbocycles. The van der Waals surface area contributed by atoms with E-state index in [1.807, 2.05) is 6.92 Å². The summed E-state index contributed by atoms with van der Waals surface area (Å²) in [6.45, 7) is 4.09. The third-order valence-corrected chi connectivity index (χ3v) is 5.64. The number of primary amides is 1. The van der Waals surface area contributed by atoms with Crippen LogP contribution in [0.15, 0.2) is 0 Å². The van der Waals surface area contributed by atoms with Gasteiger partial charge in [0.2, 0.25) is 11.8 Å². The van der Waals surface area contributed by atoms with Gasteiger partial charge in [0.25, 0.3) is 5.91 Å². The number of piperidine rings is 1. The average molecular weight is 364 g/mol. The van der Waals surface area contributed by atoms with Crippen molar-refractivity contribution in [3.05, 3.63) is 4.88 Å². The van der Waals surface area contributed by atoms with E-state index in [9.17, 15) is 4.79 Å². The first kappa shape index (κ1) is 17.7. The lowest BCUT2D eigenvalue weighted by Gasteiger charge is -2.35. The van der Waals surface area contributed by atoms with Gasteiger partial charge in [-0.1, -0.05) is 0 Å². The van der Waals surface area contributed by atoms with E-state index in [4.69, 9.17) is 16.2 Å². The molecule has 0 aliphatic carbocycles. The van der Waals surface area contributed by atoms with Crippen molar-refractivity contribution in [2.24, 2.45) is 5.73 Å². The van der Waals surface area contributed by atoms with Gasteiger partial charge in [0.15, 0.2) is 0 Å². The lowest BCUT2D eigenvalue weighted by atomic mass is 10.0. The number of aromatic nitrogens is 2. The number of carbonyl (C=O) groups excluding carboxylic acids is 1. The Bertz CT molecular complexity index is 783. The molecule has 0 bridgehead atoms. The van der Waals surface area contributed by atoms with E-state index >= 15 is 0 Å². The highest BCUT2D eigenvalue weighted by molar-refractivity contribution is 7.21. The van der Waals surface area contributed by atoms with Crippen molar-refractivity contribution in [1.82, 2.24) is 14.9 Å². The molecule has 9 heteroatoms. The maximum Gasteiger partial charge on any atom is 0.260 e. The summed E-state index contributed by atoms with van der Waals surface area (Å²) in [5.74, 6) is 0.472. The summed E-state index contributed by atoms with van der Waals surface area (Å²) in [7, 11) is 4.21. The number of amides is 1. The van der Waals surface area contributed by atoms with Crippen molar-refractivity contribution in [1.29, 1.82) is 0 Å². The molecule has 0 atom stereocenters. The van der Waals surface area contributed by atoms with Crippen LogP contribution < -0.4 is 21.1 Å².